The van der Waals surface area contributed by atoms with Gasteiger partial charge < -0.3 is 15.2 Å². The highest BCUT2D eigenvalue weighted by molar-refractivity contribution is 5.74. The molecule has 0 spiro atoms. The lowest BCUT2D eigenvalue weighted by molar-refractivity contribution is -0.661. The lowest BCUT2D eigenvalue weighted by Gasteiger charge is -2.04. The van der Waals surface area contributed by atoms with Gasteiger partial charge in [-0.15, -0.1) is 0 Å². The molecule has 0 aromatic heterocycles. The van der Waals surface area contributed by atoms with Gasteiger partial charge in [-0.1, -0.05) is 0 Å². The van der Waals surface area contributed by atoms with Gasteiger partial charge in [-0.3, -0.25) is 0 Å². The van der Waals surface area contributed by atoms with Crippen molar-refractivity contribution in [3.05, 3.63) is 0 Å². The molecular formula is C7H14NO3+. The van der Waals surface area contributed by atoms with Crippen LogP contribution in [0.5, 0.6) is 0 Å². The number of hydrogen-bond acceptors (Lipinski definition) is 3. The second-order valence-electron chi connectivity index (χ2n) is 2.72. The number of aliphatic hydroxyl groups excluding tert-OH is 1. The second kappa shape index (κ2) is 3.69. The molecule has 4 nitrogen and oxygen atoms in total. The molecule has 1 aliphatic heterocycles. The van der Waals surface area contributed by atoms with Crippen LogP contribution in [-0.4, -0.2) is 36.4 Å². The molecule has 0 amide bonds. The van der Waals surface area contributed by atoms with Gasteiger partial charge >= 0.3 is 5.97 Å². The lowest BCUT2D eigenvalue weighted by Crippen LogP contribution is -2.89. The maximum Gasteiger partial charge on any atom is 0.364 e. The van der Waals surface area contributed by atoms with Gasteiger partial charge in [0.15, 0.2) is 6.04 Å². The second-order valence-corrected chi connectivity index (χ2v) is 2.72. The fourth-order valence-corrected chi connectivity index (χ4v) is 1.25. The lowest BCUT2D eigenvalue weighted by atomic mass is 10.2. The van der Waals surface area contributed by atoms with E-state index in [1.807, 2.05) is 5.32 Å². The molecule has 1 aliphatic rings. The van der Waals surface area contributed by atoms with E-state index in [-0.39, 0.29) is 18.1 Å². The predicted octanol–water partition coefficient (Wildman–Crippen LogP) is -1.75. The molecule has 1 fully saturated rings. The minimum Gasteiger partial charge on any atom is -0.462 e. The Bertz CT molecular complexity index is 149. The van der Waals surface area contributed by atoms with E-state index >= 15 is 0 Å². The molecule has 0 aliphatic carbocycles. The van der Waals surface area contributed by atoms with Crippen LogP contribution in [0.3, 0.4) is 0 Å². The third-order valence-electron chi connectivity index (χ3n) is 1.81. The summed E-state index contributed by atoms with van der Waals surface area (Å²) in [5.41, 5.74) is 0. The standard InChI is InChI=1S/C7H13NO3/c1-2-11-7(10)6-3-5(9)4-8-6/h5-6,8-9H,2-4H2,1H3/p+1/t5-,6+/m0/s1. The average Bonchev–Trinajstić information content (AvgIpc) is 2.36. The summed E-state index contributed by atoms with van der Waals surface area (Å²) in [6, 6.07) is -0.176. The van der Waals surface area contributed by atoms with Crippen molar-refractivity contribution in [3.63, 3.8) is 0 Å². The molecule has 0 saturated carbocycles. The number of aliphatic hydroxyl groups is 1. The van der Waals surface area contributed by atoms with E-state index in [1.165, 1.54) is 0 Å². The Labute approximate surface area is 65.5 Å². The molecule has 0 radical (unpaired) electrons. The zero-order valence-electron chi connectivity index (χ0n) is 6.62. The SMILES string of the molecule is CCOC(=O)[C@H]1C[C@H](O)C[NH2+]1. The largest absolute Gasteiger partial charge is 0.462 e. The number of esters is 1. The van der Waals surface area contributed by atoms with Crippen LogP contribution < -0.4 is 5.32 Å². The highest BCUT2D eigenvalue weighted by Crippen LogP contribution is 2.00. The van der Waals surface area contributed by atoms with Crippen LogP contribution in [0, 0.1) is 0 Å². The Balaban J connectivity index is 2.31. The number of rotatable bonds is 2. The fraction of sp³-hybridized carbons (Fsp3) is 0.857. The van der Waals surface area contributed by atoms with Crippen molar-refractivity contribution in [1.82, 2.24) is 0 Å². The summed E-state index contributed by atoms with van der Waals surface area (Å²) >= 11 is 0. The number of nitrogens with two attached hydrogens (primary N) is 1. The van der Waals surface area contributed by atoms with Gasteiger partial charge in [0.25, 0.3) is 0 Å². The maximum atomic E-state index is 11.0. The van der Waals surface area contributed by atoms with Gasteiger partial charge in [-0.25, -0.2) is 4.79 Å². The molecule has 1 saturated heterocycles. The Morgan fingerprint density at radius 3 is 3.00 bits per heavy atom. The van der Waals surface area contributed by atoms with Crippen molar-refractivity contribution in [3.8, 4) is 0 Å². The molecule has 11 heavy (non-hydrogen) atoms. The monoisotopic (exact) mass is 160 g/mol. The minimum atomic E-state index is -0.343. The molecule has 3 N–H and O–H groups in total. The Morgan fingerprint density at radius 1 is 1.82 bits per heavy atom. The van der Waals surface area contributed by atoms with E-state index in [4.69, 9.17) is 9.84 Å². The zero-order valence-corrected chi connectivity index (χ0v) is 6.62. The van der Waals surface area contributed by atoms with Crippen molar-refractivity contribution < 1.29 is 20.0 Å². The summed E-state index contributed by atoms with van der Waals surface area (Å²) in [7, 11) is 0. The first-order chi connectivity index (χ1) is 5.24. The Kier molecular flexibility index (Phi) is 2.84. The van der Waals surface area contributed by atoms with Crippen LogP contribution in [0.15, 0.2) is 0 Å². The van der Waals surface area contributed by atoms with Gasteiger partial charge in [0, 0.05) is 6.42 Å². The van der Waals surface area contributed by atoms with E-state index in [1.54, 1.807) is 6.92 Å². The number of carbonyl (C=O) groups is 1. The van der Waals surface area contributed by atoms with Crippen molar-refractivity contribution in [2.75, 3.05) is 13.2 Å². The van der Waals surface area contributed by atoms with Gasteiger partial charge in [0.05, 0.1) is 6.61 Å². The first-order valence-corrected chi connectivity index (χ1v) is 3.92. The molecule has 1 heterocycles. The summed E-state index contributed by atoms with van der Waals surface area (Å²) in [6.07, 6.45) is 0.183. The highest BCUT2D eigenvalue weighted by atomic mass is 16.5. The summed E-state index contributed by atoms with van der Waals surface area (Å²) in [5, 5.41) is 10.9. The van der Waals surface area contributed by atoms with E-state index in [2.05, 4.69) is 0 Å². The van der Waals surface area contributed by atoms with E-state index in [0.717, 1.165) is 0 Å². The topological polar surface area (TPSA) is 63.1 Å². The smallest absolute Gasteiger partial charge is 0.364 e. The molecular weight excluding hydrogens is 146 g/mol. The van der Waals surface area contributed by atoms with Crippen molar-refractivity contribution in [1.29, 1.82) is 0 Å². The molecule has 1 rings (SSSR count). The van der Waals surface area contributed by atoms with Crippen LogP contribution in [0.25, 0.3) is 0 Å². The molecule has 64 valence electrons. The summed E-state index contributed by atoms with van der Waals surface area (Å²) < 4.78 is 4.79. The van der Waals surface area contributed by atoms with Gasteiger partial charge in [0.2, 0.25) is 0 Å². The van der Waals surface area contributed by atoms with E-state index < -0.39 is 0 Å². The summed E-state index contributed by atoms with van der Waals surface area (Å²) in [4.78, 5) is 11.0. The van der Waals surface area contributed by atoms with E-state index in [0.29, 0.717) is 19.6 Å². The zero-order chi connectivity index (χ0) is 8.27. The van der Waals surface area contributed by atoms with E-state index in [9.17, 15) is 4.79 Å². The van der Waals surface area contributed by atoms with Crippen molar-refractivity contribution in [2.24, 2.45) is 0 Å². The average molecular weight is 160 g/mol. The van der Waals surface area contributed by atoms with Crippen LogP contribution >= 0.6 is 0 Å². The van der Waals surface area contributed by atoms with Gasteiger partial charge in [0.1, 0.15) is 12.6 Å². The van der Waals surface area contributed by atoms with Gasteiger partial charge in [-0.2, -0.15) is 0 Å². The molecule has 0 aromatic carbocycles. The Hall–Kier alpha value is -0.610. The number of hydrogen-bond donors (Lipinski definition) is 2. The first kappa shape index (κ1) is 8.49. The number of quaternary nitrogens is 1. The highest BCUT2D eigenvalue weighted by Gasteiger charge is 2.33. The molecule has 2 atom stereocenters. The third kappa shape index (κ3) is 2.17. The normalized spacial score (nSPS) is 30.4. The minimum absolute atomic E-state index is 0.176. The quantitative estimate of drug-likeness (QED) is 0.471. The summed E-state index contributed by atoms with van der Waals surface area (Å²) in [5.74, 6) is -0.205. The van der Waals surface area contributed by atoms with Crippen LogP contribution in [-0.2, 0) is 9.53 Å². The molecule has 0 unspecified atom stereocenters. The van der Waals surface area contributed by atoms with Crippen molar-refractivity contribution in [2.45, 2.75) is 25.5 Å². The summed E-state index contributed by atoms with van der Waals surface area (Å²) in [6.45, 7) is 2.81. The third-order valence-corrected chi connectivity index (χ3v) is 1.81. The fourth-order valence-electron chi connectivity index (χ4n) is 1.25. The molecule has 0 aromatic rings. The predicted molar refractivity (Wildman–Crippen MR) is 37.8 cm³/mol. The number of carbonyl (C=O) groups excluding carboxylic acids is 1. The van der Waals surface area contributed by atoms with Gasteiger partial charge in [-0.05, 0) is 6.92 Å². The van der Waals surface area contributed by atoms with Crippen LogP contribution in [0.2, 0.25) is 0 Å². The number of ether oxygens (including phenoxy) is 1. The molecule has 0 bridgehead atoms. The first-order valence-electron chi connectivity index (χ1n) is 3.92. The van der Waals surface area contributed by atoms with Crippen molar-refractivity contribution >= 4 is 5.97 Å². The van der Waals surface area contributed by atoms with Crippen LogP contribution in [0.1, 0.15) is 13.3 Å². The maximum absolute atomic E-state index is 11.0. The Morgan fingerprint density at radius 2 is 2.55 bits per heavy atom. The molecule has 4 heteroatoms. The van der Waals surface area contributed by atoms with Crippen LogP contribution in [0.4, 0.5) is 0 Å².